The third kappa shape index (κ3) is 1.60. The second kappa shape index (κ2) is 3.66. The Morgan fingerprint density at radius 3 is 2.47 bits per heavy atom. The molecule has 0 aliphatic rings. The number of rotatable bonds is 3. The van der Waals surface area contributed by atoms with Gasteiger partial charge in [0, 0.05) is 12.4 Å². The topological polar surface area (TPSA) is 122 Å². The molecule has 0 N–H and O–H groups in total. The molecule has 0 unspecified atom stereocenters. The van der Waals surface area contributed by atoms with Crippen LogP contribution in [-0.4, -0.2) is 29.2 Å². The van der Waals surface area contributed by atoms with E-state index in [0.717, 1.165) is 4.68 Å². The summed E-state index contributed by atoms with van der Waals surface area (Å²) in [6.45, 7) is 0. The monoisotopic (exact) mass is 238 g/mol. The van der Waals surface area contributed by atoms with Gasteiger partial charge in [0.1, 0.15) is 6.33 Å². The molecular formula is C7H6N6O4. The smallest absolute Gasteiger partial charge is 0.358 e. The first-order chi connectivity index (χ1) is 8.02. The maximum atomic E-state index is 10.9. The van der Waals surface area contributed by atoms with E-state index in [2.05, 4.69) is 10.1 Å². The number of hydrogen-bond acceptors (Lipinski definition) is 6. The summed E-state index contributed by atoms with van der Waals surface area (Å²) >= 11 is 0. The minimum absolute atomic E-state index is 0.0146. The molecule has 0 saturated heterocycles. The zero-order valence-electron chi connectivity index (χ0n) is 8.55. The van der Waals surface area contributed by atoms with Gasteiger partial charge in [-0.05, 0) is 4.92 Å². The normalized spacial score (nSPS) is 10.4. The Bertz CT molecular complexity index is 586. The van der Waals surface area contributed by atoms with Gasteiger partial charge in [0.2, 0.25) is 5.82 Å². The van der Waals surface area contributed by atoms with Crippen LogP contribution in [0.15, 0.2) is 18.7 Å². The van der Waals surface area contributed by atoms with Crippen molar-refractivity contribution >= 4 is 11.5 Å². The lowest BCUT2D eigenvalue weighted by molar-refractivity contribution is -0.424. The molecule has 0 amide bonds. The van der Waals surface area contributed by atoms with Crippen LogP contribution >= 0.6 is 0 Å². The maximum absolute atomic E-state index is 10.9. The zero-order chi connectivity index (χ0) is 12.6. The van der Waals surface area contributed by atoms with E-state index in [-0.39, 0.29) is 5.82 Å². The summed E-state index contributed by atoms with van der Waals surface area (Å²) < 4.78 is 2.36. The van der Waals surface area contributed by atoms with E-state index in [1.54, 1.807) is 0 Å². The highest BCUT2D eigenvalue weighted by atomic mass is 16.6. The van der Waals surface area contributed by atoms with E-state index >= 15 is 0 Å². The van der Waals surface area contributed by atoms with Crippen molar-refractivity contribution in [3.8, 4) is 5.82 Å². The van der Waals surface area contributed by atoms with Gasteiger partial charge in [-0.15, -0.1) is 0 Å². The Morgan fingerprint density at radius 1 is 1.29 bits per heavy atom. The van der Waals surface area contributed by atoms with Crippen molar-refractivity contribution in [3.05, 3.63) is 38.9 Å². The lowest BCUT2D eigenvalue weighted by Crippen LogP contribution is -2.03. The van der Waals surface area contributed by atoms with E-state index in [0.29, 0.717) is 0 Å². The molecule has 17 heavy (non-hydrogen) atoms. The second-order valence-electron chi connectivity index (χ2n) is 3.10. The first kappa shape index (κ1) is 10.7. The summed E-state index contributed by atoms with van der Waals surface area (Å²) in [5.74, 6) is -0.805. The fourth-order valence-electron chi connectivity index (χ4n) is 1.45. The van der Waals surface area contributed by atoms with Crippen LogP contribution in [0.4, 0.5) is 11.5 Å². The molecule has 0 spiro atoms. The Hall–Kier alpha value is -2.78. The molecule has 0 bridgehead atoms. The highest BCUT2D eigenvalue weighted by Crippen LogP contribution is 2.31. The molecule has 0 aliphatic carbocycles. The fraction of sp³-hybridized carbons (Fsp3) is 0.143. The van der Waals surface area contributed by atoms with Crippen molar-refractivity contribution < 1.29 is 9.85 Å². The zero-order valence-corrected chi connectivity index (χ0v) is 8.55. The Balaban J connectivity index is 2.75. The summed E-state index contributed by atoms with van der Waals surface area (Å²) in [5.41, 5.74) is -0.657. The third-order valence-electron chi connectivity index (χ3n) is 2.08. The van der Waals surface area contributed by atoms with Crippen molar-refractivity contribution in [1.82, 2.24) is 19.3 Å². The van der Waals surface area contributed by atoms with Crippen LogP contribution in [0.3, 0.4) is 0 Å². The van der Waals surface area contributed by atoms with E-state index in [1.807, 2.05) is 0 Å². The molecule has 0 saturated carbocycles. The van der Waals surface area contributed by atoms with Gasteiger partial charge in [-0.1, -0.05) is 0 Å². The highest BCUT2D eigenvalue weighted by molar-refractivity contribution is 5.59. The van der Waals surface area contributed by atoms with E-state index in [4.69, 9.17) is 0 Å². The van der Waals surface area contributed by atoms with Crippen LogP contribution in [0.25, 0.3) is 5.82 Å². The molecule has 2 heterocycles. The summed E-state index contributed by atoms with van der Waals surface area (Å²) in [4.78, 5) is 23.5. The number of hydrogen-bond donors (Lipinski definition) is 0. The van der Waals surface area contributed by atoms with E-state index in [1.165, 1.54) is 30.3 Å². The molecule has 10 nitrogen and oxygen atoms in total. The Labute approximate surface area is 93.4 Å². The van der Waals surface area contributed by atoms with Crippen molar-refractivity contribution in [2.24, 2.45) is 7.05 Å². The molecule has 2 aromatic heterocycles. The molecule has 88 valence electrons. The lowest BCUT2D eigenvalue weighted by atomic mass is 10.4. The standard InChI is InChI=1S/C7H6N6O4/c1-10-7(11-3-2-8-4-11)5(12(14)15)6(9-10)13(16)17/h2-4H,1H3. The molecule has 2 rings (SSSR count). The summed E-state index contributed by atoms with van der Waals surface area (Å²) in [6.07, 6.45) is 4.14. The average Bonchev–Trinajstić information content (AvgIpc) is 2.83. The van der Waals surface area contributed by atoms with Crippen LogP contribution in [0, 0.1) is 20.2 Å². The van der Waals surface area contributed by atoms with E-state index < -0.39 is 21.4 Å². The number of aromatic nitrogens is 4. The first-order valence-corrected chi connectivity index (χ1v) is 4.36. The molecule has 2 aromatic rings. The molecule has 0 aromatic carbocycles. The Morgan fingerprint density at radius 2 is 2.00 bits per heavy atom. The van der Waals surface area contributed by atoms with Crippen molar-refractivity contribution in [2.45, 2.75) is 0 Å². The van der Waals surface area contributed by atoms with Crippen LogP contribution in [0.1, 0.15) is 0 Å². The summed E-state index contributed by atoms with van der Waals surface area (Å²) in [7, 11) is 1.38. The third-order valence-corrected chi connectivity index (χ3v) is 2.08. The maximum Gasteiger partial charge on any atom is 0.470 e. The number of aryl methyl sites for hydroxylation is 1. The van der Waals surface area contributed by atoms with Gasteiger partial charge < -0.3 is 10.1 Å². The Kier molecular flexibility index (Phi) is 2.31. The van der Waals surface area contributed by atoms with Crippen molar-refractivity contribution in [2.75, 3.05) is 0 Å². The van der Waals surface area contributed by atoms with Gasteiger partial charge in [-0.2, -0.15) is 4.68 Å². The number of imidazole rings is 1. The van der Waals surface area contributed by atoms with Gasteiger partial charge in [0.15, 0.2) is 0 Å². The van der Waals surface area contributed by atoms with Crippen LogP contribution in [0.5, 0.6) is 0 Å². The second-order valence-corrected chi connectivity index (χ2v) is 3.10. The number of nitrogens with zero attached hydrogens (tertiary/aromatic N) is 6. The molecule has 0 atom stereocenters. The molecule has 0 fully saturated rings. The van der Waals surface area contributed by atoms with Crippen LogP contribution in [0.2, 0.25) is 0 Å². The fourth-order valence-corrected chi connectivity index (χ4v) is 1.45. The molecular weight excluding hydrogens is 232 g/mol. The lowest BCUT2D eigenvalue weighted by Gasteiger charge is -1.97. The minimum atomic E-state index is -0.890. The average molecular weight is 238 g/mol. The summed E-state index contributed by atoms with van der Waals surface area (Å²) in [5, 5.41) is 25.0. The quantitative estimate of drug-likeness (QED) is 0.564. The highest BCUT2D eigenvalue weighted by Gasteiger charge is 2.37. The predicted molar refractivity (Wildman–Crippen MR) is 53.6 cm³/mol. The van der Waals surface area contributed by atoms with Gasteiger partial charge in [0.05, 0.1) is 17.1 Å². The first-order valence-electron chi connectivity index (χ1n) is 4.36. The SMILES string of the molecule is Cn1nc([N+](=O)[O-])c([N+](=O)[O-])c1-n1ccnc1. The van der Waals surface area contributed by atoms with Gasteiger partial charge in [0.25, 0.3) is 0 Å². The van der Waals surface area contributed by atoms with Gasteiger partial charge >= 0.3 is 11.5 Å². The molecule has 10 heteroatoms. The summed E-state index contributed by atoms with van der Waals surface area (Å²) in [6, 6.07) is 0. The van der Waals surface area contributed by atoms with Crippen LogP contribution in [-0.2, 0) is 7.05 Å². The molecule has 0 radical (unpaired) electrons. The van der Waals surface area contributed by atoms with Crippen molar-refractivity contribution in [1.29, 1.82) is 0 Å². The minimum Gasteiger partial charge on any atom is -0.358 e. The predicted octanol–water partition coefficient (Wildman–Crippen LogP) is 0.422. The molecule has 0 aliphatic heterocycles. The van der Waals surface area contributed by atoms with Crippen molar-refractivity contribution in [3.63, 3.8) is 0 Å². The van der Waals surface area contributed by atoms with E-state index in [9.17, 15) is 20.2 Å². The van der Waals surface area contributed by atoms with Gasteiger partial charge in [-0.3, -0.25) is 14.7 Å². The number of nitro groups is 2. The largest absolute Gasteiger partial charge is 0.470 e. The van der Waals surface area contributed by atoms with Crippen LogP contribution < -0.4 is 0 Å². The van der Waals surface area contributed by atoms with Gasteiger partial charge in [-0.25, -0.2) is 4.98 Å².